The second-order valence-corrected chi connectivity index (χ2v) is 6.51. The normalized spacial score (nSPS) is 23.2. The Morgan fingerprint density at radius 2 is 2.04 bits per heavy atom. The molecular formula is C20H26O4. The van der Waals surface area contributed by atoms with Gasteiger partial charge in [0.15, 0.2) is 5.78 Å². The van der Waals surface area contributed by atoms with Crippen LogP contribution >= 0.6 is 0 Å². The molecule has 0 radical (unpaired) electrons. The lowest BCUT2D eigenvalue weighted by atomic mass is 9.74. The highest BCUT2D eigenvalue weighted by Gasteiger charge is 2.53. The summed E-state index contributed by atoms with van der Waals surface area (Å²) in [5.41, 5.74) is 1.02. The molecule has 0 aliphatic heterocycles. The number of hydrogen-bond acceptors (Lipinski definition) is 4. The summed E-state index contributed by atoms with van der Waals surface area (Å²) in [4.78, 5) is 24.3. The number of rotatable bonds is 8. The Hall–Kier alpha value is -1.94. The van der Waals surface area contributed by atoms with Crippen LogP contribution < -0.4 is 0 Å². The Bertz CT molecular complexity index is 593. The average molecular weight is 330 g/mol. The Morgan fingerprint density at radius 3 is 2.71 bits per heavy atom. The molecule has 1 saturated carbocycles. The molecule has 0 amide bonds. The van der Waals surface area contributed by atoms with Gasteiger partial charge in [-0.15, -0.1) is 0 Å². The summed E-state index contributed by atoms with van der Waals surface area (Å²) in [6, 6.07) is 10.0. The maximum Gasteiger partial charge on any atom is 0.319 e. The van der Waals surface area contributed by atoms with E-state index in [0.717, 1.165) is 24.0 Å². The van der Waals surface area contributed by atoms with E-state index in [4.69, 9.17) is 9.47 Å². The molecule has 1 aliphatic carbocycles. The van der Waals surface area contributed by atoms with E-state index in [1.165, 1.54) is 7.11 Å². The molecular weight excluding hydrogens is 304 g/mol. The second-order valence-electron chi connectivity index (χ2n) is 6.51. The van der Waals surface area contributed by atoms with Crippen molar-refractivity contribution < 1.29 is 19.1 Å². The zero-order valence-electron chi connectivity index (χ0n) is 14.5. The van der Waals surface area contributed by atoms with Crippen LogP contribution in [0.1, 0.15) is 38.2 Å². The van der Waals surface area contributed by atoms with Crippen molar-refractivity contribution in [3.63, 3.8) is 0 Å². The van der Waals surface area contributed by atoms with Crippen molar-refractivity contribution >= 4 is 11.8 Å². The van der Waals surface area contributed by atoms with Crippen LogP contribution in [0.2, 0.25) is 0 Å². The Morgan fingerprint density at radius 1 is 1.33 bits per heavy atom. The van der Waals surface area contributed by atoms with E-state index in [1.54, 1.807) is 6.92 Å². The highest BCUT2D eigenvalue weighted by molar-refractivity contribution is 6.05. The number of carbonyl (C=O) groups excluding carboxylic acids is 2. The lowest BCUT2D eigenvalue weighted by Gasteiger charge is -2.28. The molecule has 1 aromatic rings. The van der Waals surface area contributed by atoms with Gasteiger partial charge in [-0.1, -0.05) is 42.5 Å². The number of ketones is 1. The molecule has 2 rings (SSSR count). The van der Waals surface area contributed by atoms with E-state index in [2.05, 4.69) is 6.58 Å². The molecule has 0 N–H and O–H groups in total. The van der Waals surface area contributed by atoms with Crippen LogP contribution in [-0.2, 0) is 25.7 Å². The number of hydrogen-bond donors (Lipinski definition) is 0. The van der Waals surface area contributed by atoms with Gasteiger partial charge in [-0.25, -0.2) is 0 Å². The van der Waals surface area contributed by atoms with Gasteiger partial charge in [0.2, 0.25) is 0 Å². The first-order valence-corrected chi connectivity index (χ1v) is 8.41. The standard InChI is InChI=1S/C20H26O4/c1-15(8-7-13-24-14-16-9-5-4-6-10-16)17-11-12-18(21)20(17,2)19(22)23-3/h4-6,9-10,17H,1,7-8,11-14H2,2-3H3/t17-,20+/m0/s1. The fourth-order valence-corrected chi connectivity index (χ4v) is 3.44. The Labute approximate surface area is 143 Å². The van der Waals surface area contributed by atoms with E-state index >= 15 is 0 Å². The largest absolute Gasteiger partial charge is 0.468 e. The molecule has 2 atom stereocenters. The molecule has 0 bridgehead atoms. The molecule has 1 fully saturated rings. The van der Waals surface area contributed by atoms with Gasteiger partial charge in [-0.2, -0.15) is 0 Å². The molecule has 0 aromatic heterocycles. The molecule has 1 aliphatic rings. The number of carbonyl (C=O) groups is 2. The number of methoxy groups -OCH3 is 1. The van der Waals surface area contributed by atoms with Crippen molar-refractivity contribution in [1.29, 1.82) is 0 Å². The average Bonchev–Trinajstić information content (AvgIpc) is 2.91. The van der Waals surface area contributed by atoms with Gasteiger partial charge < -0.3 is 9.47 Å². The van der Waals surface area contributed by atoms with Crippen LogP contribution in [0.3, 0.4) is 0 Å². The van der Waals surface area contributed by atoms with E-state index in [1.807, 2.05) is 30.3 Å². The van der Waals surface area contributed by atoms with Gasteiger partial charge in [-0.3, -0.25) is 9.59 Å². The van der Waals surface area contributed by atoms with Crippen LogP contribution in [0.4, 0.5) is 0 Å². The molecule has 130 valence electrons. The molecule has 4 nitrogen and oxygen atoms in total. The van der Waals surface area contributed by atoms with Gasteiger partial charge in [0, 0.05) is 18.9 Å². The van der Waals surface area contributed by atoms with Crippen molar-refractivity contribution in [2.24, 2.45) is 11.3 Å². The highest BCUT2D eigenvalue weighted by Crippen LogP contribution is 2.45. The molecule has 24 heavy (non-hydrogen) atoms. The molecule has 0 heterocycles. The smallest absolute Gasteiger partial charge is 0.319 e. The summed E-state index contributed by atoms with van der Waals surface area (Å²) in [7, 11) is 1.33. The fourth-order valence-electron chi connectivity index (χ4n) is 3.44. The first-order chi connectivity index (χ1) is 11.5. The van der Waals surface area contributed by atoms with Crippen LogP contribution in [0.25, 0.3) is 0 Å². The van der Waals surface area contributed by atoms with Crippen molar-refractivity contribution in [3.8, 4) is 0 Å². The first kappa shape index (κ1) is 18.4. The Kier molecular flexibility index (Phi) is 6.32. The van der Waals surface area contributed by atoms with Gasteiger partial charge in [-0.05, 0) is 31.7 Å². The minimum atomic E-state index is -1.07. The van der Waals surface area contributed by atoms with Crippen molar-refractivity contribution in [2.75, 3.05) is 13.7 Å². The van der Waals surface area contributed by atoms with Crippen molar-refractivity contribution in [3.05, 3.63) is 48.0 Å². The van der Waals surface area contributed by atoms with Crippen molar-refractivity contribution in [1.82, 2.24) is 0 Å². The zero-order valence-corrected chi connectivity index (χ0v) is 14.5. The number of allylic oxidation sites excluding steroid dienone is 1. The first-order valence-electron chi connectivity index (χ1n) is 8.41. The fraction of sp³-hybridized carbons (Fsp3) is 0.500. The predicted octanol–water partition coefficient (Wildman–Crippen LogP) is 3.70. The number of esters is 1. The van der Waals surface area contributed by atoms with Crippen LogP contribution in [-0.4, -0.2) is 25.5 Å². The monoisotopic (exact) mass is 330 g/mol. The van der Waals surface area contributed by atoms with E-state index in [9.17, 15) is 9.59 Å². The second kappa shape index (κ2) is 8.25. The quantitative estimate of drug-likeness (QED) is 0.316. The predicted molar refractivity (Wildman–Crippen MR) is 92.3 cm³/mol. The lowest BCUT2D eigenvalue weighted by molar-refractivity contribution is -0.157. The van der Waals surface area contributed by atoms with Gasteiger partial charge in [0.05, 0.1) is 13.7 Å². The molecule has 4 heteroatoms. The molecule has 0 spiro atoms. The third-order valence-corrected chi connectivity index (χ3v) is 4.94. The molecule has 0 unspecified atom stereocenters. The molecule has 1 aromatic carbocycles. The maximum atomic E-state index is 12.2. The van der Waals surface area contributed by atoms with Crippen molar-refractivity contribution in [2.45, 2.75) is 39.2 Å². The summed E-state index contributed by atoms with van der Waals surface area (Å²) in [5.74, 6) is -0.621. The minimum absolute atomic E-state index is 0.0409. The SMILES string of the molecule is C=C(CCCOCc1ccccc1)[C@@H]1CCC(=O)[C@]1(C)C(=O)OC. The molecule has 0 saturated heterocycles. The summed E-state index contributed by atoms with van der Waals surface area (Å²) in [6.07, 6.45) is 2.67. The summed E-state index contributed by atoms with van der Waals surface area (Å²) in [6.45, 7) is 7.03. The van der Waals surface area contributed by atoms with E-state index in [0.29, 0.717) is 26.1 Å². The highest BCUT2D eigenvalue weighted by atomic mass is 16.5. The summed E-state index contributed by atoms with van der Waals surface area (Å²) in [5, 5.41) is 0. The topological polar surface area (TPSA) is 52.6 Å². The summed E-state index contributed by atoms with van der Waals surface area (Å²) < 4.78 is 10.5. The van der Waals surface area contributed by atoms with Crippen LogP contribution in [0.5, 0.6) is 0 Å². The lowest BCUT2D eigenvalue weighted by Crippen LogP contribution is -2.39. The maximum absolute atomic E-state index is 12.2. The van der Waals surface area contributed by atoms with E-state index in [-0.39, 0.29) is 11.7 Å². The van der Waals surface area contributed by atoms with Gasteiger partial charge >= 0.3 is 5.97 Å². The zero-order chi connectivity index (χ0) is 17.6. The number of benzene rings is 1. The minimum Gasteiger partial charge on any atom is -0.468 e. The third kappa shape index (κ3) is 3.93. The van der Waals surface area contributed by atoms with Crippen LogP contribution in [0.15, 0.2) is 42.5 Å². The number of Topliss-reactive ketones (excluding diaryl/α,β-unsaturated/α-hetero) is 1. The van der Waals surface area contributed by atoms with Crippen LogP contribution in [0, 0.1) is 11.3 Å². The summed E-state index contributed by atoms with van der Waals surface area (Å²) >= 11 is 0. The third-order valence-electron chi connectivity index (χ3n) is 4.94. The number of ether oxygens (including phenoxy) is 2. The van der Waals surface area contributed by atoms with Gasteiger partial charge in [0.25, 0.3) is 0 Å². The van der Waals surface area contributed by atoms with Gasteiger partial charge in [0.1, 0.15) is 5.41 Å². The Balaban J connectivity index is 1.79. The van der Waals surface area contributed by atoms with E-state index < -0.39 is 11.4 Å².